The predicted molar refractivity (Wildman–Crippen MR) is 133 cm³/mol. The number of para-hydroxylation sites is 1. The largest absolute Gasteiger partial charge is 0.507 e. The highest BCUT2D eigenvalue weighted by Crippen LogP contribution is 2.61. The second-order valence-electron chi connectivity index (χ2n) is 10.7. The summed E-state index contributed by atoms with van der Waals surface area (Å²) in [5, 5.41) is 15.7. The summed E-state index contributed by atoms with van der Waals surface area (Å²) in [6.45, 7) is 0. The minimum Gasteiger partial charge on any atom is -0.507 e. The quantitative estimate of drug-likeness (QED) is 0.493. The molecule has 0 amide bonds. The van der Waals surface area contributed by atoms with Gasteiger partial charge in [-0.2, -0.15) is 5.10 Å². The van der Waals surface area contributed by atoms with Gasteiger partial charge in [0.25, 0.3) is 0 Å². The van der Waals surface area contributed by atoms with Crippen LogP contribution in [-0.4, -0.2) is 41.0 Å². The second kappa shape index (κ2) is 8.50. The summed E-state index contributed by atoms with van der Waals surface area (Å²) in [5.74, 6) is 0.872. The van der Waals surface area contributed by atoms with Crippen molar-refractivity contribution in [1.82, 2.24) is 9.78 Å². The molecular formula is C29H30N2O5. The number of aromatic nitrogens is 2. The number of rotatable bonds is 5. The van der Waals surface area contributed by atoms with Crippen LogP contribution in [0.5, 0.6) is 5.75 Å². The third-order valence-electron chi connectivity index (χ3n) is 8.56. The number of aromatic hydroxyl groups is 1. The van der Waals surface area contributed by atoms with Gasteiger partial charge < -0.3 is 14.6 Å². The molecule has 186 valence electrons. The van der Waals surface area contributed by atoms with E-state index in [2.05, 4.69) is 0 Å². The first-order valence-corrected chi connectivity index (χ1v) is 12.6. The Balaban J connectivity index is 1.55. The molecule has 0 unspecified atom stereocenters. The number of ether oxygens (including phenoxy) is 2. The smallest absolute Gasteiger partial charge is 0.357 e. The Bertz CT molecular complexity index is 1310. The Morgan fingerprint density at radius 1 is 0.917 bits per heavy atom. The van der Waals surface area contributed by atoms with Gasteiger partial charge in [0.2, 0.25) is 0 Å². The first-order valence-electron chi connectivity index (χ1n) is 12.6. The minimum absolute atomic E-state index is 0.00255. The number of esters is 2. The third kappa shape index (κ3) is 3.52. The Kier molecular flexibility index (Phi) is 5.39. The molecule has 7 heteroatoms. The number of phenols is 1. The van der Waals surface area contributed by atoms with Crippen molar-refractivity contribution in [3.63, 3.8) is 0 Å². The first kappa shape index (κ1) is 22.8. The van der Waals surface area contributed by atoms with Gasteiger partial charge in [-0.3, -0.25) is 0 Å². The van der Waals surface area contributed by atoms with Crippen molar-refractivity contribution in [3.8, 4) is 22.7 Å². The predicted octanol–water partition coefficient (Wildman–Crippen LogP) is 5.29. The molecule has 4 aliphatic rings. The fourth-order valence-electron chi connectivity index (χ4n) is 7.46. The Morgan fingerprint density at radius 3 is 2.11 bits per heavy atom. The number of methoxy groups -OCH3 is 2. The van der Waals surface area contributed by atoms with E-state index in [0.717, 1.165) is 17.8 Å². The van der Waals surface area contributed by atoms with Crippen LogP contribution in [0.4, 0.5) is 0 Å². The summed E-state index contributed by atoms with van der Waals surface area (Å²) in [4.78, 5) is 26.0. The SMILES string of the molecule is COC(=O)c1c(-c2cc(C34CC5CC(CC(C5)C3)C4)ccc2O)nn(-c2ccccc2)c1C(=O)OC. The van der Waals surface area contributed by atoms with E-state index in [4.69, 9.17) is 14.6 Å². The van der Waals surface area contributed by atoms with Crippen molar-refractivity contribution in [2.24, 2.45) is 17.8 Å². The van der Waals surface area contributed by atoms with Crippen molar-refractivity contribution in [2.45, 2.75) is 43.9 Å². The molecule has 1 aromatic heterocycles. The zero-order valence-corrected chi connectivity index (χ0v) is 20.6. The molecular weight excluding hydrogens is 456 g/mol. The maximum atomic E-state index is 13.0. The normalized spacial score (nSPS) is 26.1. The Morgan fingerprint density at radius 2 is 1.53 bits per heavy atom. The molecule has 36 heavy (non-hydrogen) atoms. The first-order chi connectivity index (χ1) is 17.4. The zero-order valence-electron chi connectivity index (χ0n) is 20.6. The standard InChI is InChI=1S/C29H30N2O5/c1-35-27(33)24-25(30-31(26(24)28(34)36-2)21-6-4-3-5-7-21)22-13-20(8-9-23(22)32)29-14-17-10-18(15-29)12-19(11-17)16-29/h3-9,13,17-19,32H,10-12,14-16H2,1-2H3. The molecule has 0 radical (unpaired) electrons. The maximum absolute atomic E-state index is 13.0. The van der Waals surface area contributed by atoms with Crippen molar-refractivity contribution in [2.75, 3.05) is 14.2 Å². The van der Waals surface area contributed by atoms with Gasteiger partial charge in [0.05, 0.1) is 19.9 Å². The molecule has 4 fully saturated rings. The molecule has 0 saturated heterocycles. The van der Waals surface area contributed by atoms with Gasteiger partial charge in [0.1, 0.15) is 17.0 Å². The lowest BCUT2D eigenvalue weighted by Gasteiger charge is -2.57. The van der Waals surface area contributed by atoms with Gasteiger partial charge in [0.15, 0.2) is 5.69 Å². The highest BCUT2D eigenvalue weighted by Gasteiger charge is 2.51. The van der Waals surface area contributed by atoms with Crippen LogP contribution in [0.25, 0.3) is 16.9 Å². The number of nitrogens with zero attached hydrogens (tertiary/aromatic N) is 2. The molecule has 1 heterocycles. The van der Waals surface area contributed by atoms with E-state index in [1.54, 1.807) is 18.2 Å². The monoisotopic (exact) mass is 486 g/mol. The maximum Gasteiger partial charge on any atom is 0.357 e. The summed E-state index contributed by atoms with van der Waals surface area (Å²) in [7, 11) is 2.52. The van der Waals surface area contributed by atoms with Crippen LogP contribution in [-0.2, 0) is 14.9 Å². The minimum atomic E-state index is -0.716. The van der Waals surface area contributed by atoms with Crippen LogP contribution in [0.1, 0.15) is 64.9 Å². The third-order valence-corrected chi connectivity index (χ3v) is 8.56. The van der Waals surface area contributed by atoms with Crippen LogP contribution in [0, 0.1) is 17.8 Å². The van der Waals surface area contributed by atoms with Gasteiger partial charge in [-0.1, -0.05) is 24.3 Å². The topological polar surface area (TPSA) is 90.6 Å². The number of carbonyl (C=O) groups excluding carboxylic acids is 2. The molecule has 4 saturated carbocycles. The van der Waals surface area contributed by atoms with Crippen molar-refractivity contribution in [1.29, 1.82) is 0 Å². The molecule has 3 aromatic rings. The number of benzene rings is 2. The molecule has 0 spiro atoms. The molecule has 0 atom stereocenters. The summed E-state index contributed by atoms with van der Waals surface area (Å²) in [6.07, 6.45) is 7.50. The molecule has 7 nitrogen and oxygen atoms in total. The lowest BCUT2D eigenvalue weighted by molar-refractivity contribution is -0.00518. The van der Waals surface area contributed by atoms with Crippen molar-refractivity contribution < 1.29 is 24.2 Å². The summed E-state index contributed by atoms with van der Waals surface area (Å²) < 4.78 is 11.5. The average molecular weight is 487 g/mol. The number of hydrogen-bond donors (Lipinski definition) is 1. The Labute approximate surface area is 210 Å². The van der Waals surface area contributed by atoms with E-state index >= 15 is 0 Å². The average Bonchev–Trinajstić information content (AvgIpc) is 3.28. The van der Waals surface area contributed by atoms with Crippen LogP contribution in [0.3, 0.4) is 0 Å². The van der Waals surface area contributed by atoms with Crippen LogP contribution in [0.2, 0.25) is 0 Å². The fraction of sp³-hybridized carbons (Fsp3) is 0.414. The van der Waals surface area contributed by atoms with E-state index in [0.29, 0.717) is 11.3 Å². The molecule has 7 rings (SSSR count). The van der Waals surface area contributed by atoms with Gasteiger partial charge in [-0.15, -0.1) is 0 Å². The van der Waals surface area contributed by atoms with E-state index in [9.17, 15) is 14.7 Å². The lowest BCUT2D eigenvalue weighted by atomic mass is 9.48. The number of phenolic OH excluding ortho intramolecular Hbond substituents is 1. The van der Waals surface area contributed by atoms with Gasteiger partial charge in [0, 0.05) is 5.56 Å². The molecule has 4 aliphatic carbocycles. The van der Waals surface area contributed by atoms with E-state index in [1.807, 2.05) is 30.3 Å². The molecule has 1 N–H and O–H groups in total. The van der Waals surface area contributed by atoms with E-state index in [-0.39, 0.29) is 28.1 Å². The van der Waals surface area contributed by atoms with E-state index in [1.165, 1.54) is 63.0 Å². The summed E-state index contributed by atoms with van der Waals surface area (Å²) in [6, 6.07) is 14.8. The highest BCUT2D eigenvalue weighted by molar-refractivity contribution is 6.07. The molecule has 2 aromatic carbocycles. The molecule has 0 aliphatic heterocycles. The van der Waals surface area contributed by atoms with Gasteiger partial charge >= 0.3 is 11.9 Å². The van der Waals surface area contributed by atoms with Gasteiger partial charge in [-0.05, 0) is 91.5 Å². The van der Waals surface area contributed by atoms with E-state index < -0.39 is 11.9 Å². The van der Waals surface area contributed by atoms with Crippen LogP contribution in [0.15, 0.2) is 48.5 Å². The van der Waals surface area contributed by atoms with Crippen LogP contribution < -0.4 is 0 Å². The molecule has 4 bridgehead atoms. The summed E-state index contributed by atoms with van der Waals surface area (Å²) >= 11 is 0. The second-order valence-corrected chi connectivity index (χ2v) is 10.7. The van der Waals surface area contributed by atoms with Crippen molar-refractivity contribution >= 4 is 11.9 Å². The number of carbonyl (C=O) groups is 2. The Hall–Kier alpha value is -3.61. The highest BCUT2D eigenvalue weighted by atomic mass is 16.5. The summed E-state index contributed by atoms with van der Waals surface area (Å²) in [5.41, 5.74) is 2.43. The van der Waals surface area contributed by atoms with Gasteiger partial charge in [-0.25, -0.2) is 14.3 Å². The lowest BCUT2D eigenvalue weighted by Crippen LogP contribution is -2.48. The fourth-order valence-corrected chi connectivity index (χ4v) is 7.46. The zero-order chi connectivity index (χ0) is 25.0. The number of hydrogen-bond acceptors (Lipinski definition) is 6. The van der Waals surface area contributed by atoms with Crippen LogP contribution >= 0.6 is 0 Å². The van der Waals surface area contributed by atoms with Crippen molar-refractivity contribution in [3.05, 3.63) is 65.4 Å².